The standard InChI is InChI=1S/C25H25NO5/c1-2-17-8-9-21-20(14-24(28)31-22(21)12-17)16-30-25(29)19-13-23(27)26(15-19)11-10-18-6-4-3-5-7-18/h3-9,12,14,19H,2,10-11,13,15-16H2,1H3. The van der Waals surface area contributed by atoms with E-state index in [4.69, 9.17) is 9.15 Å². The molecular formula is C25H25NO5. The van der Waals surface area contributed by atoms with Gasteiger partial charge in [-0.05, 0) is 30.0 Å². The zero-order valence-electron chi connectivity index (χ0n) is 17.5. The van der Waals surface area contributed by atoms with E-state index in [1.807, 2.05) is 55.5 Å². The summed E-state index contributed by atoms with van der Waals surface area (Å²) in [6.45, 7) is 2.94. The van der Waals surface area contributed by atoms with Gasteiger partial charge in [-0.3, -0.25) is 9.59 Å². The van der Waals surface area contributed by atoms with Crippen LogP contribution in [-0.4, -0.2) is 29.9 Å². The van der Waals surface area contributed by atoms with Crippen LogP contribution in [0.25, 0.3) is 11.0 Å². The summed E-state index contributed by atoms with van der Waals surface area (Å²) in [7, 11) is 0. The first kappa shape index (κ1) is 20.8. The van der Waals surface area contributed by atoms with E-state index in [0.29, 0.717) is 24.2 Å². The molecule has 2 aromatic carbocycles. The van der Waals surface area contributed by atoms with E-state index in [-0.39, 0.29) is 18.9 Å². The van der Waals surface area contributed by atoms with Gasteiger partial charge in [-0.15, -0.1) is 0 Å². The van der Waals surface area contributed by atoms with Crippen LogP contribution in [0.15, 0.2) is 63.8 Å². The molecule has 2 heterocycles. The molecule has 6 nitrogen and oxygen atoms in total. The average molecular weight is 419 g/mol. The number of fused-ring (bicyclic) bond motifs is 1. The maximum atomic E-state index is 12.6. The summed E-state index contributed by atoms with van der Waals surface area (Å²) in [4.78, 5) is 38.6. The minimum atomic E-state index is -0.485. The molecule has 0 spiro atoms. The Bertz CT molecular complexity index is 1150. The zero-order chi connectivity index (χ0) is 21.8. The Labute approximate surface area is 180 Å². The molecule has 1 aliphatic heterocycles. The van der Waals surface area contributed by atoms with Crippen LogP contribution in [0.5, 0.6) is 0 Å². The highest BCUT2D eigenvalue weighted by Crippen LogP contribution is 2.23. The lowest BCUT2D eigenvalue weighted by Gasteiger charge is -2.16. The number of hydrogen-bond donors (Lipinski definition) is 0. The number of likely N-dealkylation sites (tertiary alicyclic amines) is 1. The molecule has 0 saturated carbocycles. The predicted molar refractivity (Wildman–Crippen MR) is 116 cm³/mol. The molecule has 31 heavy (non-hydrogen) atoms. The molecule has 0 aliphatic carbocycles. The second-order valence-corrected chi connectivity index (χ2v) is 7.86. The molecule has 3 aromatic rings. The molecule has 1 unspecified atom stereocenters. The fraction of sp³-hybridized carbons (Fsp3) is 0.320. The molecule has 0 N–H and O–H groups in total. The lowest BCUT2D eigenvalue weighted by atomic mass is 10.1. The second-order valence-electron chi connectivity index (χ2n) is 7.86. The van der Waals surface area contributed by atoms with Crippen LogP contribution in [0.2, 0.25) is 0 Å². The molecule has 0 radical (unpaired) electrons. The van der Waals surface area contributed by atoms with Gasteiger partial charge in [-0.1, -0.05) is 49.4 Å². The molecule has 1 atom stereocenters. The van der Waals surface area contributed by atoms with Crippen LogP contribution < -0.4 is 5.63 Å². The van der Waals surface area contributed by atoms with Crippen LogP contribution in [0, 0.1) is 5.92 Å². The number of amides is 1. The van der Waals surface area contributed by atoms with E-state index in [0.717, 1.165) is 29.4 Å². The SMILES string of the molecule is CCc1ccc2c(COC(=O)C3CC(=O)N(CCc4ccccc4)C3)cc(=O)oc2c1. The summed E-state index contributed by atoms with van der Waals surface area (Å²) in [6, 6.07) is 17.0. The highest BCUT2D eigenvalue weighted by Gasteiger charge is 2.35. The Hall–Kier alpha value is -3.41. The molecule has 1 aromatic heterocycles. The summed E-state index contributed by atoms with van der Waals surface area (Å²) in [5.74, 6) is -0.931. The topological polar surface area (TPSA) is 76.8 Å². The number of esters is 1. The third kappa shape index (κ3) is 4.85. The predicted octanol–water partition coefficient (Wildman–Crippen LogP) is 3.49. The van der Waals surface area contributed by atoms with Crippen molar-refractivity contribution in [3.8, 4) is 0 Å². The van der Waals surface area contributed by atoms with Crippen molar-refractivity contribution in [1.82, 2.24) is 4.90 Å². The molecule has 160 valence electrons. The van der Waals surface area contributed by atoms with E-state index < -0.39 is 17.5 Å². The number of carbonyl (C=O) groups is 2. The summed E-state index contributed by atoms with van der Waals surface area (Å²) in [5.41, 5.74) is 2.83. The van der Waals surface area contributed by atoms with Crippen LogP contribution in [0.1, 0.15) is 30.0 Å². The maximum Gasteiger partial charge on any atom is 0.336 e. The van der Waals surface area contributed by atoms with Gasteiger partial charge in [0, 0.05) is 36.5 Å². The number of ether oxygens (including phenoxy) is 1. The summed E-state index contributed by atoms with van der Waals surface area (Å²) in [6.07, 6.45) is 1.74. The Morgan fingerprint density at radius 3 is 2.68 bits per heavy atom. The van der Waals surface area contributed by atoms with Gasteiger partial charge in [-0.2, -0.15) is 0 Å². The second kappa shape index (κ2) is 9.16. The zero-order valence-corrected chi connectivity index (χ0v) is 17.5. The van der Waals surface area contributed by atoms with E-state index in [1.165, 1.54) is 6.07 Å². The average Bonchev–Trinajstić information content (AvgIpc) is 3.16. The van der Waals surface area contributed by atoms with Crippen molar-refractivity contribution in [1.29, 1.82) is 0 Å². The van der Waals surface area contributed by atoms with Gasteiger partial charge in [0.2, 0.25) is 5.91 Å². The normalized spacial score (nSPS) is 16.1. The van der Waals surface area contributed by atoms with Gasteiger partial charge >= 0.3 is 11.6 Å². The van der Waals surface area contributed by atoms with Gasteiger partial charge in [-0.25, -0.2) is 4.79 Å². The van der Waals surface area contributed by atoms with Crippen molar-refractivity contribution < 1.29 is 18.7 Å². The van der Waals surface area contributed by atoms with Gasteiger partial charge in [0.05, 0.1) is 5.92 Å². The quantitative estimate of drug-likeness (QED) is 0.433. The molecule has 1 fully saturated rings. The minimum Gasteiger partial charge on any atom is -0.461 e. The number of rotatable bonds is 7. The van der Waals surface area contributed by atoms with E-state index in [1.54, 1.807) is 4.90 Å². The molecule has 6 heteroatoms. The number of aryl methyl sites for hydroxylation is 1. The Balaban J connectivity index is 1.38. The van der Waals surface area contributed by atoms with Crippen molar-refractivity contribution in [3.63, 3.8) is 0 Å². The molecule has 1 aliphatic rings. The summed E-state index contributed by atoms with van der Waals surface area (Å²) >= 11 is 0. The van der Waals surface area contributed by atoms with Crippen LogP contribution in [-0.2, 0) is 33.8 Å². The van der Waals surface area contributed by atoms with E-state index >= 15 is 0 Å². The fourth-order valence-electron chi connectivity index (χ4n) is 3.94. The maximum absolute atomic E-state index is 12.6. The number of hydrogen-bond acceptors (Lipinski definition) is 5. The Morgan fingerprint density at radius 1 is 1.10 bits per heavy atom. The van der Waals surface area contributed by atoms with E-state index in [9.17, 15) is 14.4 Å². The smallest absolute Gasteiger partial charge is 0.336 e. The van der Waals surface area contributed by atoms with Gasteiger partial charge in [0.1, 0.15) is 12.2 Å². The van der Waals surface area contributed by atoms with Crippen molar-refractivity contribution >= 4 is 22.8 Å². The summed E-state index contributed by atoms with van der Waals surface area (Å²) < 4.78 is 10.8. The monoisotopic (exact) mass is 419 g/mol. The third-order valence-electron chi connectivity index (χ3n) is 5.73. The first-order valence-corrected chi connectivity index (χ1v) is 10.6. The van der Waals surface area contributed by atoms with Crippen molar-refractivity contribution in [2.75, 3.05) is 13.1 Å². The van der Waals surface area contributed by atoms with Gasteiger partial charge in [0.25, 0.3) is 0 Å². The van der Waals surface area contributed by atoms with Crippen molar-refractivity contribution in [3.05, 3.63) is 81.7 Å². The molecule has 4 rings (SSSR count). The Kier molecular flexibility index (Phi) is 6.16. The Morgan fingerprint density at radius 2 is 1.90 bits per heavy atom. The lowest BCUT2D eigenvalue weighted by molar-refractivity contribution is -0.149. The highest BCUT2D eigenvalue weighted by atomic mass is 16.5. The molecule has 0 bridgehead atoms. The van der Waals surface area contributed by atoms with E-state index in [2.05, 4.69) is 0 Å². The summed E-state index contributed by atoms with van der Waals surface area (Å²) in [5, 5.41) is 0.747. The first-order valence-electron chi connectivity index (χ1n) is 10.6. The highest BCUT2D eigenvalue weighted by molar-refractivity contribution is 5.87. The van der Waals surface area contributed by atoms with Crippen molar-refractivity contribution in [2.24, 2.45) is 5.92 Å². The van der Waals surface area contributed by atoms with Crippen LogP contribution >= 0.6 is 0 Å². The van der Waals surface area contributed by atoms with Crippen LogP contribution in [0.4, 0.5) is 0 Å². The van der Waals surface area contributed by atoms with Gasteiger partial charge in [0.15, 0.2) is 0 Å². The molecule has 1 amide bonds. The van der Waals surface area contributed by atoms with Gasteiger partial charge < -0.3 is 14.1 Å². The lowest BCUT2D eigenvalue weighted by Crippen LogP contribution is -2.28. The number of nitrogens with zero attached hydrogens (tertiary/aromatic N) is 1. The molecular weight excluding hydrogens is 394 g/mol. The largest absolute Gasteiger partial charge is 0.461 e. The minimum absolute atomic E-state index is 0.0267. The first-order chi connectivity index (χ1) is 15.0. The fourth-order valence-corrected chi connectivity index (χ4v) is 3.94. The van der Waals surface area contributed by atoms with Crippen molar-refractivity contribution in [2.45, 2.75) is 32.8 Å². The number of benzene rings is 2. The molecule has 1 saturated heterocycles. The number of carbonyl (C=O) groups excluding carboxylic acids is 2. The third-order valence-corrected chi connectivity index (χ3v) is 5.73. The van der Waals surface area contributed by atoms with Crippen LogP contribution in [0.3, 0.4) is 0 Å².